The quantitative estimate of drug-likeness (QED) is 0.900. The number of carbonyl (C=O) groups is 1. The van der Waals surface area contributed by atoms with Crippen LogP contribution in [0.15, 0.2) is 18.2 Å². The Balaban J connectivity index is 1.83. The number of hydrogen-bond acceptors (Lipinski definition) is 2. The minimum atomic E-state index is -0.0186. The molecule has 114 valence electrons. The molecule has 1 aliphatic heterocycles. The van der Waals surface area contributed by atoms with Gasteiger partial charge >= 0.3 is 0 Å². The maximum Gasteiger partial charge on any atom is 0.241 e. The first-order valence-electron chi connectivity index (χ1n) is 8.23. The van der Waals surface area contributed by atoms with Gasteiger partial charge in [0.15, 0.2) is 0 Å². The van der Waals surface area contributed by atoms with Crippen molar-refractivity contribution >= 4 is 5.91 Å². The zero-order chi connectivity index (χ0) is 15.0. The van der Waals surface area contributed by atoms with Gasteiger partial charge in [-0.1, -0.05) is 43.5 Å². The van der Waals surface area contributed by atoms with E-state index >= 15 is 0 Å². The Morgan fingerprint density at radius 3 is 2.67 bits per heavy atom. The molecule has 0 bridgehead atoms. The largest absolute Gasteiger partial charge is 0.322 e. The molecule has 1 aliphatic carbocycles. The highest BCUT2D eigenvalue weighted by Crippen LogP contribution is 2.35. The first-order valence-corrected chi connectivity index (χ1v) is 8.23. The van der Waals surface area contributed by atoms with Gasteiger partial charge in [0.2, 0.25) is 5.91 Å². The summed E-state index contributed by atoms with van der Waals surface area (Å²) in [5.74, 6) is 1.14. The second-order valence-corrected chi connectivity index (χ2v) is 6.65. The van der Waals surface area contributed by atoms with E-state index in [9.17, 15) is 4.79 Å². The van der Waals surface area contributed by atoms with E-state index in [2.05, 4.69) is 49.2 Å². The molecule has 1 N–H and O–H groups in total. The topological polar surface area (TPSA) is 32.3 Å². The molecule has 1 saturated carbocycles. The van der Waals surface area contributed by atoms with Gasteiger partial charge in [-0.15, -0.1) is 0 Å². The molecule has 3 heteroatoms. The summed E-state index contributed by atoms with van der Waals surface area (Å²) in [6.07, 6.45) is 4.77. The lowest BCUT2D eigenvalue weighted by molar-refractivity contribution is -0.130. The van der Waals surface area contributed by atoms with Crippen LogP contribution in [0.4, 0.5) is 0 Å². The van der Waals surface area contributed by atoms with E-state index in [1.165, 1.54) is 29.5 Å². The van der Waals surface area contributed by atoms with Gasteiger partial charge in [-0.2, -0.15) is 0 Å². The van der Waals surface area contributed by atoms with E-state index in [0.29, 0.717) is 0 Å². The molecule has 1 saturated heterocycles. The molecule has 2 unspecified atom stereocenters. The van der Waals surface area contributed by atoms with Crippen LogP contribution in [0.1, 0.15) is 55.5 Å². The predicted molar refractivity (Wildman–Crippen MR) is 84.9 cm³/mol. The lowest BCUT2D eigenvalue weighted by atomic mass is 10.0. The van der Waals surface area contributed by atoms with Crippen molar-refractivity contribution in [3.05, 3.63) is 34.9 Å². The Morgan fingerprint density at radius 1 is 1.29 bits per heavy atom. The van der Waals surface area contributed by atoms with Crippen molar-refractivity contribution in [1.82, 2.24) is 10.2 Å². The van der Waals surface area contributed by atoms with Crippen LogP contribution < -0.4 is 5.32 Å². The zero-order valence-corrected chi connectivity index (χ0v) is 13.4. The summed E-state index contributed by atoms with van der Waals surface area (Å²) in [6.45, 7) is 7.24. The van der Waals surface area contributed by atoms with Crippen LogP contribution in [0, 0.1) is 19.8 Å². The molecule has 0 radical (unpaired) electrons. The predicted octanol–water partition coefficient (Wildman–Crippen LogP) is 3.31. The summed E-state index contributed by atoms with van der Waals surface area (Å²) in [5, 5.41) is 3.54. The van der Waals surface area contributed by atoms with Crippen molar-refractivity contribution < 1.29 is 4.79 Å². The van der Waals surface area contributed by atoms with Crippen LogP contribution in [0.3, 0.4) is 0 Å². The number of rotatable bonds is 5. The van der Waals surface area contributed by atoms with Crippen LogP contribution in [-0.2, 0) is 4.79 Å². The molecule has 1 aromatic carbocycles. The second-order valence-electron chi connectivity index (χ2n) is 6.65. The van der Waals surface area contributed by atoms with Crippen LogP contribution >= 0.6 is 0 Å². The number of aryl methyl sites for hydroxylation is 2. The lowest BCUT2D eigenvalue weighted by Gasteiger charge is -2.26. The van der Waals surface area contributed by atoms with Gasteiger partial charge < -0.3 is 4.90 Å². The molecule has 1 heterocycles. The first kappa shape index (κ1) is 14.6. The van der Waals surface area contributed by atoms with Crippen molar-refractivity contribution in [3.8, 4) is 0 Å². The van der Waals surface area contributed by atoms with Crippen molar-refractivity contribution in [2.45, 2.75) is 58.7 Å². The van der Waals surface area contributed by atoms with Gasteiger partial charge in [-0.25, -0.2) is 0 Å². The Hall–Kier alpha value is -1.35. The molecule has 3 rings (SSSR count). The van der Waals surface area contributed by atoms with Crippen molar-refractivity contribution in [2.24, 2.45) is 5.92 Å². The average molecular weight is 286 g/mol. The molecule has 0 aromatic heterocycles. The number of hydrogen-bond donors (Lipinski definition) is 1. The van der Waals surface area contributed by atoms with E-state index < -0.39 is 0 Å². The molecule has 1 aromatic rings. The molecule has 2 atom stereocenters. The zero-order valence-electron chi connectivity index (χ0n) is 13.4. The summed E-state index contributed by atoms with van der Waals surface area (Å²) in [6, 6.07) is 6.51. The maximum absolute atomic E-state index is 12.6. The number of carbonyl (C=O) groups excluding carboxylic acids is 1. The van der Waals surface area contributed by atoms with Gasteiger partial charge in [0.05, 0.1) is 6.04 Å². The van der Waals surface area contributed by atoms with Crippen LogP contribution in [0.25, 0.3) is 0 Å². The Bertz CT molecular complexity index is 536. The van der Waals surface area contributed by atoms with Crippen molar-refractivity contribution in [1.29, 1.82) is 0 Å². The van der Waals surface area contributed by atoms with E-state index in [0.717, 1.165) is 25.3 Å². The standard InChI is InChI=1S/C18H26N2O/c1-4-16-18(21)20(10-9-14-6-7-14)17(19-16)15-8-5-12(2)11-13(15)3/h5,8,11,14,16-17,19H,4,6-7,9-10H2,1-3H3. The minimum Gasteiger partial charge on any atom is -0.322 e. The molecule has 3 nitrogen and oxygen atoms in total. The van der Waals surface area contributed by atoms with Gasteiger partial charge in [-0.05, 0) is 43.7 Å². The van der Waals surface area contributed by atoms with Gasteiger partial charge in [-0.3, -0.25) is 10.1 Å². The normalized spacial score (nSPS) is 25.7. The van der Waals surface area contributed by atoms with Gasteiger partial charge in [0, 0.05) is 6.54 Å². The van der Waals surface area contributed by atoms with Crippen LogP contribution in [0.2, 0.25) is 0 Å². The fourth-order valence-electron chi connectivity index (χ4n) is 3.33. The highest BCUT2D eigenvalue weighted by atomic mass is 16.2. The lowest BCUT2D eigenvalue weighted by Crippen LogP contribution is -2.32. The van der Waals surface area contributed by atoms with Gasteiger partial charge in [0.25, 0.3) is 0 Å². The smallest absolute Gasteiger partial charge is 0.241 e. The SMILES string of the molecule is CCC1NC(c2ccc(C)cc2C)N(CCC2CC2)C1=O. The highest BCUT2D eigenvalue weighted by Gasteiger charge is 2.39. The summed E-state index contributed by atoms with van der Waals surface area (Å²) in [5.41, 5.74) is 3.80. The first-order chi connectivity index (χ1) is 10.1. The number of nitrogens with one attached hydrogen (secondary N) is 1. The van der Waals surface area contributed by atoms with Gasteiger partial charge in [0.1, 0.15) is 6.17 Å². The van der Waals surface area contributed by atoms with Crippen LogP contribution in [-0.4, -0.2) is 23.4 Å². The molecule has 1 amide bonds. The number of benzene rings is 1. The molecular weight excluding hydrogens is 260 g/mol. The third-order valence-electron chi connectivity index (χ3n) is 4.86. The van der Waals surface area contributed by atoms with E-state index in [1.54, 1.807) is 0 Å². The summed E-state index contributed by atoms with van der Waals surface area (Å²) < 4.78 is 0. The molecular formula is C18H26N2O. The fourth-order valence-corrected chi connectivity index (χ4v) is 3.33. The number of nitrogens with zero attached hydrogens (tertiary/aromatic N) is 1. The monoisotopic (exact) mass is 286 g/mol. The highest BCUT2D eigenvalue weighted by molar-refractivity contribution is 5.84. The van der Waals surface area contributed by atoms with Crippen LogP contribution in [0.5, 0.6) is 0 Å². The van der Waals surface area contributed by atoms with E-state index in [1.807, 2.05) is 0 Å². The maximum atomic E-state index is 12.6. The Morgan fingerprint density at radius 2 is 2.05 bits per heavy atom. The molecule has 0 spiro atoms. The minimum absolute atomic E-state index is 0.0186. The van der Waals surface area contributed by atoms with E-state index in [4.69, 9.17) is 0 Å². The number of amides is 1. The van der Waals surface area contributed by atoms with E-state index in [-0.39, 0.29) is 18.1 Å². The summed E-state index contributed by atoms with van der Waals surface area (Å²) >= 11 is 0. The average Bonchev–Trinajstić information content (AvgIpc) is 3.22. The summed E-state index contributed by atoms with van der Waals surface area (Å²) in [7, 11) is 0. The third-order valence-corrected chi connectivity index (χ3v) is 4.86. The molecule has 2 fully saturated rings. The molecule has 2 aliphatic rings. The molecule has 21 heavy (non-hydrogen) atoms. The second kappa shape index (κ2) is 5.80. The Labute approximate surface area is 127 Å². The van der Waals surface area contributed by atoms with Crippen molar-refractivity contribution in [3.63, 3.8) is 0 Å². The third kappa shape index (κ3) is 2.98. The Kier molecular flexibility index (Phi) is 4.03. The fraction of sp³-hybridized carbons (Fsp3) is 0.611. The van der Waals surface area contributed by atoms with Crippen molar-refractivity contribution in [2.75, 3.05) is 6.54 Å². The summed E-state index contributed by atoms with van der Waals surface area (Å²) in [4.78, 5) is 14.7.